The molecule has 18 heavy (non-hydrogen) atoms. The Morgan fingerprint density at radius 3 is 3.00 bits per heavy atom. The van der Waals surface area contributed by atoms with Gasteiger partial charge in [-0.3, -0.25) is 0 Å². The van der Waals surface area contributed by atoms with Crippen LogP contribution in [0.15, 0.2) is 22.0 Å². The minimum absolute atomic E-state index is 0. The van der Waals surface area contributed by atoms with Gasteiger partial charge in [-0.25, -0.2) is 0 Å². The van der Waals surface area contributed by atoms with Crippen molar-refractivity contribution in [2.24, 2.45) is 5.73 Å². The Morgan fingerprint density at radius 1 is 1.44 bits per heavy atom. The molecule has 1 aliphatic carbocycles. The topological polar surface area (TPSA) is 64.9 Å². The van der Waals surface area contributed by atoms with E-state index in [2.05, 4.69) is 21.6 Å². The van der Waals surface area contributed by atoms with E-state index < -0.39 is 0 Å². The van der Waals surface area contributed by atoms with Crippen LogP contribution in [0.4, 0.5) is 0 Å². The fourth-order valence-corrected chi connectivity index (χ4v) is 3.02. The first-order chi connectivity index (χ1) is 8.31. The highest BCUT2D eigenvalue weighted by Crippen LogP contribution is 2.32. The van der Waals surface area contributed by atoms with Crippen LogP contribution in [0.2, 0.25) is 0 Å². The van der Waals surface area contributed by atoms with Gasteiger partial charge in [0.15, 0.2) is 5.82 Å². The third-order valence-electron chi connectivity index (χ3n) is 3.22. The number of halogens is 1. The average Bonchev–Trinajstić information content (AvgIpc) is 2.99. The Kier molecular flexibility index (Phi) is 4.37. The molecule has 0 spiro atoms. The van der Waals surface area contributed by atoms with Crippen LogP contribution in [-0.2, 0) is 6.42 Å². The van der Waals surface area contributed by atoms with Crippen molar-refractivity contribution in [1.29, 1.82) is 0 Å². The van der Waals surface area contributed by atoms with E-state index in [1.807, 2.05) is 6.07 Å². The summed E-state index contributed by atoms with van der Waals surface area (Å²) >= 11 is 1.72. The molecule has 2 atom stereocenters. The molecule has 2 heterocycles. The van der Waals surface area contributed by atoms with E-state index in [9.17, 15) is 0 Å². The van der Waals surface area contributed by atoms with Crippen molar-refractivity contribution in [3.8, 4) is 0 Å². The standard InChI is InChI=1S/C12H15N3OS.ClH/c13-9-4-3-8(6-9)12-14-11(15-16-12)7-10-2-1-5-17-10;/h1-2,5,8-9H,3-4,6-7,13H2;1H. The summed E-state index contributed by atoms with van der Waals surface area (Å²) in [7, 11) is 0. The summed E-state index contributed by atoms with van der Waals surface area (Å²) in [6.07, 6.45) is 3.87. The lowest BCUT2D eigenvalue weighted by Crippen LogP contribution is -2.14. The van der Waals surface area contributed by atoms with Crippen molar-refractivity contribution in [3.05, 3.63) is 34.1 Å². The minimum Gasteiger partial charge on any atom is -0.339 e. The first-order valence-corrected chi connectivity index (χ1v) is 6.79. The Morgan fingerprint density at radius 2 is 2.33 bits per heavy atom. The van der Waals surface area contributed by atoms with E-state index in [1.165, 1.54) is 4.88 Å². The van der Waals surface area contributed by atoms with E-state index in [0.29, 0.717) is 12.0 Å². The van der Waals surface area contributed by atoms with Gasteiger partial charge in [0.25, 0.3) is 0 Å². The van der Waals surface area contributed by atoms with Crippen LogP contribution in [0.5, 0.6) is 0 Å². The molecule has 0 amide bonds. The van der Waals surface area contributed by atoms with Crippen LogP contribution in [-0.4, -0.2) is 16.2 Å². The number of thiophene rings is 1. The summed E-state index contributed by atoms with van der Waals surface area (Å²) in [6.45, 7) is 0. The van der Waals surface area contributed by atoms with Gasteiger partial charge in [0.1, 0.15) is 0 Å². The van der Waals surface area contributed by atoms with E-state index >= 15 is 0 Å². The first kappa shape index (κ1) is 13.5. The molecule has 98 valence electrons. The molecule has 2 unspecified atom stereocenters. The predicted molar refractivity (Wildman–Crippen MR) is 73.2 cm³/mol. The van der Waals surface area contributed by atoms with Crippen molar-refractivity contribution in [1.82, 2.24) is 10.1 Å². The highest BCUT2D eigenvalue weighted by Gasteiger charge is 2.27. The summed E-state index contributed by atoms with van der Waals surface area (Å²) in [4.78, 5) is 5.74. The number of hydrogen-bond donors (Lipinski definition) is 1. The Labute approximate surface area is 116 Å². The Balaban J connectivity index is 0.00000120. The van der Waals surface area contributed by atoms with Crippen LogP contribution in [0.3, 0.4) is 0 Å². The summed E-state index contributed by atoms with van der Waals surface area (Å²) in [6, 6.07) is 4.43. The summed E-state index contributed by atoms with van der Waals surface area (Å²) in [5.41, 5.74) is 5.89. The van der Waals surface area contributed by atoms with Crippen LogP contribution in [0.1, 0.15) is 41.8 Å². The van der Waals surface area contributed by atoms with E-state index in [-0.39, 0.29) is 12.4 Å². The molecule has 0 bridgehead atoms. The van der Waals surface area contributed by atoms with Crippen LogP contribution >= 0.6 is 23.7 Å². The molecule has 0 aromatic carbocycles. The molecule has 2 aromatic rings. The second-order valence-electron chi connectivity index (χ2n) is 4.58. The van der Waals surface area contributed by atoms with Gasteiger partial charge < -0.3 is 10.3 Å². The van der Waals surface area contributed by atoms with Crippen molar-refractivity contribution in [3.63, 3.8) is 0 Å². The fourth-order valence-electron chi connectivity index (χ4n) is 2.31. The van der Waals surface area contributed by atoms with Gasteiger partial charge in [-0.2, -0.15) is 4.98 Å². The Bertz CT molecular complexity index is 485. The van der Waals surface area contributed by atoms with Gasteiger partial charge in [-0.15, -0.1) is 23.7 Å². The summed E-state index contributed by atoms with van der Waals surface area (Å²) in [5, 5.41) is 6.10. The molecule has 1 aliphatic rings. The summed E-state index contributed by atoms with van der Waals surface area (Å²) < 4.78 is 5.33. The molecule has 1 saturated carbocycles. The van der Waals surface area contributed by atoms with Crippen molar-refractivity contribution < 1.29 is 4.52 Å². The molecule has 0 radical (unpaired) electrons. The monoisotopic (exact) mass is 285 g/mol. The first-order valence-electron chi connectivity index (χ1n) is 5.91. The molecule has 2 aromatic heterocycles. The lowest BCUT2D eigenvalue weighted by atomic mass is 10.1. The minimum atomic E-state index is 0. The number of rotatable bonds is 3. The average molecular weight is 286 g/mol. The smallest absolute Gasteiger partial charge is 0.229 e. The van der Waals surface area contributed by atoms with Gasteiger partial charge >= 0.3 is 0 Å². The maximum absolute atomic E-state index is 5.89. The Hall–Kier alpha value is -0.910. The van der Waals surface area contributed by atoms with Crippen LogP contribution in [0, 0.1) is 0 Å². The molecular weight excluding hydrogens is 270 g/mol. The maximum atomic E-state index is 5.89. The SMILES string of the molecule is Cl.NC1CCC(c2nc(Cc3cccs3)no2)C1. The number of nitrogens with two attached hydrogens (primary N) is 1. The molecule has 3 rings (SSSR count). The molecule has 0 saturated heterocycles. The quantitative estimate of drug-likeness (QED) is 0.942. The van der Waals surface area contributed by atoms with Gasteiger partial charge in [-0.05, 0) is 30.7 Å². The molecule has 0 aliphatic heterocycles. The normalized spacial score (nSPS) is 22.9. The maximum Gasteiger partial charge on any atom is 0.229 e. The molecule has 2 N–H and O–H groups in total. The van der Waals surface area contributed by atoms with Crippen LogP contribution < -0.4 is 5.73 Å². The third kappa shape index (κ3) is 2.91. The molecular formula is C12H16ClN3OS. The highest BCUT2D eigenvalue weighted by molar-refractivity contribution is 7.09. The van der Waals surface area contributed by atoms with Gasteiger partial charge in [0, 0.05) is 23.3 Å². The zero-order chi connectivity index (χ0) is 11.7. The molecule has 4 nitrogen and oxygen atoms in total. The third-order valence-corrected chi connectivity index (χ3v) is 4.10. The predicted octanol–water partition coefficient (Wildman–Crippen LogP) is 2.74. The van der Waals surface area contributed by atoms with Crippen LogP contribution in [0.25, 0.3) is 0 Å². The van der Waals surface area contributed by atoms with Gasteiger partial charge in [-0.1, -0.05) is 11.2 Å². The largest absolute Gasteiger partial charge is 0.339 e. The second kappa shape index (κ2) is 5.82. The van der Waals surface area contributed by atoms with E-state index in [1.54, 1.807) is 11.3 Å². The zero-order valence-corrected chi connectivity index (χ0v) is 11.5. The lowest BCUT2D eigenvalue weighted by Gasteiger charge is -2.01. The fraction of sp³-hybridized carbons (Fsp3) is 0.500. The van der Waals surface area contributed by atoms with Crippen molar-refractivity contribution in [2.75, 3.05) is 0 Å². The van der Waals surface area contributed by atoms with Crippen molar-refractivity contribution >= 4 is 23.7 Å². The van der Waals surface area contributed by atoms with Gasteiger partial charge in [0.05, 0.1) is 0 Å². The zero-order valence-electron chi connectivity index (χ0n) is 9.91. The van der Waals surface area contributed by atoms with Crippen molar-refractivity contribution in [2.45, 2.75) is 37.6 Å². The molecule has 6 heteroatoms. The van der Waals surface area contributed by atoms with E-state index in [0.717, 1.165) is 37.4 Å². The van der Waals surface area contributed by atoms with Gasteiger partial charge in [0.2, 0.25) is 5.89 Å². The lowest BCUT2D eigenvalue weighted by molar-refractivity contribution is 0.350. The number of aromatic nitrogens is 2. The highest BCUT2D eigenvalue weighted by atomic mass is 35.5. The number of nitrogens with zero attached hydrogens (tertiary/aromatic N) is 2. The number of hydrogen-bond acceptors (Lipinski definition) is 5. The van der Waals surface area contributed by atoms with E-state index in [4.69, 9.17) is 10.3 Å². The molecule has 1 fully saturated rings. The second-order valence-corrected chi connectivity index (χ2v) is 5.61. The summed E-state index contributed by atoms with van der Waals surface area (Å²) in [5.74, 6) is 1.92.